The average Bonchev–Trinajstić information content (AvgIpc) is 3.65. The minimum atomic E-state index is -1.40. The molecule has 1 saturated heterocycles. The molecule has 2 saturated carbocycles. The summed E-state index contributed by atoms with van der Waals surface area (Å²) in [4.78, 5) is 40.1. The Bertz CT molecular complexity index is 739. The van der Waals surface area contributed by atoms with Gasteiger partial charge in [0.05, 0.1) is 11.8 Å². The lowest BCUT2D eigenvalue weighted by Gasteiger charge is -2.26. The Hall–Kier alpha value is -1.74. The highest BCUT2D eigenvalue weighted by molar-refractivity contribution is 7.84. The Balaban J connectivity index is 1.66. The van der Waals surface area contributed by atoms with Crippen molar-refractivity contribution in [2.45, 2.75) is 81.5 Å². The molecular formula is C22H36N4O4S. The number of likely N-dealkylation sites (tertiary alicyclic amines) is 1. The zero-order valence-corrected chi connectivity index (χ0v) is 19.5. The Labute approximate surface area is 187 Å². The summed E-state index contributed by atoms with van der Waals surface area (Å²) >= 11 is 0. The second-order valence-electron chi connectivity index (χ2n) is 8.90. The van der Waals surface area contributed by atoms with Crippen LogP contribution < -0.4 is 15.4 Å². The van der Waals surface area contributed by atoms with Crippen LogP contribution in [-0.2, 0) is 25.4 Å². The van der Waals surface area contributed by atoms with Crippen LogP contribution in [0.2, 0.25) is 0 Å². The van der Waals surface area contributed by atoms with Crippen LogP contribution in [0, 0.1) is 5.92 Å². The highest BCUT2D eigenvalue weighted by Crippen LogP contribution is 2.45. The first-order valence-corrected chi connectivity index (χ1v) is 12.8. The molecule has 0 aromatic heterocycles. The van der Waals surface area contributed by atoms with E-state index in [1.54, 1.807) is 11.9 Å². The van der Waals surface area contributed by atoms with E-state index >= 15 is 0 Å². The van der Waals surface area contributed by atoms with E-state index in [1.807, 2.05) is 6.08 Å². The molecule has 31 heavy (non-hydrogen) atoms. The van der Waals surface area contributed by atoms with E-state index in [4.69, 9.17) is 0 Å². The molecule has 1 heterocycles. The van der Waals surface area contributed by atoms with Crippen LogP contribution in [-0.4, -0.2) is 63.8 Å². The first-order chi connectivity index (χ1) is 14.9. The predicted molar refractivity (Wildman–Crippen MR) is 120 cm³/mol. The Morgan fingerprint density at radius 1 is 1.19 bits per heavy atom. The molecule has 3 N–H and O–H groups in total. The minimum absolute atomic E-state index is 0.0305. The summed E-state index contributed by atoms with van der Waals surface area (Å²) in [6.07, 6.45) is 12.0. The molecule has 8 nitrogen and oxygen atoms in total. The number of unbranched alkanes of at least 4 members (excludes halogenated alkanes) is 3. The topological polar surface area (TPSA) is 108 Å². The molecule has 3 fully saturated rings. The van der Waals surface area contributed by atoms with Crippen LogP contribution in [0.1, 0.15) is 64.7 Å². The summed E-state index contributed by atoms with van der Waals surface area (Å²) in [5.41, 5.74) is -1.07. The van der Waals surface area contributed by atoms with Crippen molar-refractivity contribution in [1.82, 2.24) is 20.3 Å². The lowest BCUT2D eigenvalue weighted by atomic mass is 10.1. The summed E-state index contributed by atoms with van der Waals surface area (Å²) in [5.74, 6) is -0.898. The van der Waals surface area contributed by atoms with E-state index < -0.39 is 22.6 Å². The van der Waals surface area contributed by atoms with Crippen molar-refractivity contribution < 1.29 is 18.6 Å². The van der Waals surface area contributed by atoms with Crippen LogP contribution in [0.4, 0.5) is 0 Å². The second kappa shape index (κ2) is 10.7. The average molecular weight is 453 g/mol. The number of likely N-dealkylation sites (N-methyl/N-ethyl adjacent to an activating group) is 1. The third-order valence-corrected chi connectivity index (χ3v) is 7.80. The fourth-order valence-electron chi connectivity index (χ4n) is 4.20. The van der Waals surface area contributed by atoms with E-state index in [1.165, 1.54) is 0 Å². The van der Waals surface area contributed by atoms with Gasteiger partial charge in [0.15, 0.2) is 0 Å². The number of hydrogen-bond donors (Lipinski definition) is 3. The van der Waals surface area contributed by atoms with Crippen molar-refractivity contribution in [3.63, 3.8) is 0 Å². The zero-order chi connectivity index (χ0) is 22.4. The molecule has 9 heteroatoms. The molecule has 1 unspecified atom stereocenters. The number of nitrogens with one attached hydrogen (secondary N) is 3. The van der Waals surface area contributed by atoms with Gasteiger partial charge in [0.1, 0.15) is 22.6 Å². The van der Waals surface area contributed by atoms with E-state index in [-0.39, 0.29) is 35.4 Å². The van der Waals surface area contributed by atoms with Gasteiger partial charge in [0, 0.05) is 12.5 Å². The van der Waals surface area contributed by atoms with Crippen LogP contribution in [0.5, 0.6) is 0 Å². The van der Waals surface area contributed by atoms with Crippen molar-refractivity contribution in [1.29, 1.82) is 0 Å². The first-order valence-electron chi connectivity index (χ1n) is 11.6. The normalized spacial score (nSPS) is 28.5. The molecule has 0 aromatic carbocycles. The van der Waals surface area contributed by atoms with Gasteiger partial charge in [-0.25, -0.2) is 4.21 Å². The molecule has 174 valence electrons. The lowest BCUT2D eigenvalue weighted by molar-refractivity contribution is -0.139. The Kier molecular flexibility index (Phi) is 8.27. The summed E-state index contributed by atoms with van der Waals surface area (Å²) in [7, 11) is 0.295. The lowest BCUT2D eigenvalue weighted by Crippen LogP contribution is -2.56. The maximum Gasteiger partial charge on any atom is 0.258 e. The number of carbonyl (C=O) groups is 3. The van der Waals surface area contributed by atoms with Crippen molar-refractivity contribution in [2.75, 3.05) is 20.1 Å². The van der Waals surface area contributed by atoms with Crippen molar-refractivity contribution in [2.24, 2.45) is 5.92 Å². The molecule has 4 atom stereocenters. The molecule has 2 aliphatic carbocycles. The number of rotatable bonds is 12. The molecule has 0 bridgehead atoms. The fraction of sp³-hybridized carbons (Fsp3) is 0.773. The standard InChI is InChI=1S/C22H36N4O4S/c1-3-4-5-6-7-9-16-14-22(16,21(29)25-31(30)17-11-12-17)24-20(28)18-10-8-13-26(18)19(27)15-23-2/h7,9,16-18,23H,3-6,8,10-15H2,1-2H3,(H,24,28)(H,25,29)/b9-7-/t16-,18+,22-,31?/m1/s1. The van der Waals surface area contributed by atoms with Gasteiger partial charge < -0.3 is 15.5 Å². The number of amides is 3. The third kappa shape index (κ3) is 5.94. The van der Waals surface area contributed by atoms with Gasteiger partial charge in [-0.2, -0.15) is 0 Å². The van der Waals surface area contributed by atoms with Gasteiger partial charge in [0.2, 0.25) is 11.8 Å². The number of hydrogen-bond acceptors (Lipinski definition) is 5. The Morgan fingerprint density at radius 2 is 1.97 bits per heavy atom. The first kappa shape index (κ1) is 23.9. The largest absolute Gasteiger partial charge is 0.339 e. The van der Waals surface area contributed by atoms with Crippen molar-refractivity contribution >= 4 is 28.7 Å². The summed E-state index contributed by atoms with van der Waals surface area (Å²) in [6, 6.07) is -0.561. The smallest absolute Gasteiger partial charge is 0.258 e. The van der Waals surface area contributed by atoms with Gasteiger partial charge in [-0.05, 0) is 52.0 Å². The molecule has 3 amide bonds. The quantitative estimate of drug-likeness (QED) is 0.304. The molecule has 3 aliphatic rings. The second-order valence-corrected chi connectivity index (χ2v) is 10.4. The van der Waals surface area contributed by atoms with Crippen LogP contribution in [0.15, 0.2) is 12.2 Å². The van der Waals surface area contributed by atoms with Gasteiger partial charge in [0.25, 0.3) is 5.91 Å². The van der Waals surface area contributed by atoms with Crippen molar-refractivity contribution in [3.05, 3.63) is 12.2 Å². The van der Waals surface area contributed by atoms with E-state index in [0.717, 1.165) is 44.9 Å². The summed E-state index contributed by atoms with van der Waals surface area (Å²) in [6.45, 7) is 2.88. The zero-order valence-electron chi connectivity index (χ0n) is 18.7. The van der Waals surface area contributed by atoms with Gasteiger partial charge in [-0.1, -0.05) is 31.9 Å². The SMILES string of the molecule is CCCCC/C=C\[C@@H]1C[C@]1(NC(=O)[C@@H]1CCCN1C(=O)CNC)C(=O)NS(=O)C1CC1. The molecular weight excluding hydrogens is 416 g/mol. The molecule has 0 aromatic rings. The van der Waals surface area contributed by atoms with Crippen LogP contribution >= 0.6 is 0 Å². The Morgan fingerprint density at radius 3 is 2.65 bits per heavy atom. The number of allylic oxidation sites excluding steroid dienone is 1. The van der Waals surface area contributed by atoms with Gasteiger partial charge >= 0.3 is 0 Å². The maximum atomic E-state index is 13.1. The highest BCUT2D eigenvalue weighted by atomic mass is 32.2. The monoisotopic (exact) mass is 452 g/mol. The van der Waals surface area contributed by atoms with Crippen LogP contribution in [0.3, 0.4) is 0 Å². The number of nitrogens with zero attached hydrogens (tertiary/aromatic N) is 1. The molecule has 0 radical (unpaired) electrons. The summed E-state index contributed by atoms with van der Waals surface area (Å²) in [5, 5.41) is 5.82. The number of carbonyl (C=O) groups excluding carboxylic acids is 3. The molecule has 1 aliphatic heterocycles. The minimum Gasteiger partial charge on any atom is -0.339 e. The van der Waals surface area contributed by atoms with E-state index in [2.05, 4.69) is 28.4 Å². The van der Waals surface area contributed by atoms with Crippen molar-refractivity contribution in [3.8, 4) is 0 Å². The molecule has 3 rings (SSSR count). The predicted octanol–water partition coefficient (Wildman–Crippen LogP) is 1.15. The van der Waals surface area contributed by atoms with Gasteiger partial charge in [-0.3, -0.25) is 19.1 Å². The highest BCUT2D eigenvalue weighted by Gasteiger charge is 2.61. The van der Waals surface area contributed by atoms with E-state index in [9.17, 15) is 18.6 Å². The van der Waals surface area contributed by atoms with E-state index in [0.29, 0.717) is 19.4 Å². The third-order valence-electron chi connectivity index (χ3n) is 6.33. The van der Waals surface area contributed by atoms with Gasteiger partial charge in [-0.15, -0.1) is 0 Å². The fourth-order valence-corrected chi connectivity index (χ4v) is 5.29. The molecule has 0 spiro atoms. The maximum absolute atomic E-state index is 13.1. The summed E-state index contributed by atoms with van der Waals surface area (Å²) < 4.78 is 14.9. The van der Waals surface area contributed by atoms with Crippen LogP contribution in [0.25, 0.3) is 0 Å².